The molecule has 176 valence electrons. The SMILES string of the molecule is COc1ccccc1N1C(=O)C(=O)/C(=C(\O)c2ccc(OCC(C)C)c(C)c2)C1c1cccs1. The van der Waals surface area contributed by atoms with E-state index in [0.29, 0.717) is 29.5 Å². The fraction of sp³-hybridized carbons (Fsp3) is 0.259. The first kappa shape index (κ1) is 23.6. The van der Waals surface area contributed by atoms with Gasteiger partial charge in [-0.2, -0.15) is 0 Å². The number of methoxy groups -OCH3 is 1. The van der Waals surface area contributed by atoms with Gasteiger partial charge in [0.15, 0.2) is 0 Å². The van der Waals surface area contributed by atoms with Gasteiger partial charge in [0.1, 0.15) is 23.3 Å². The second-order valence-corrected chi connectivity index (χ2v) is 9.52. The summed E-state index contributed by atoms with van der Waals surface area (Å²) in [6.45, 7) is 6.60. The summed E-state index contributed by atoms with van der Waals surface area (Å²) in [7, 11) is 1.52. The average Bonchev–Trinajstić information content (AvgIpc) is 3.44. The van der Waals surface area contributed by atoms with Gasteiger partial charge < -0.3 is 14.6 Å². The Balaban J connectivity index is 1.83. The lowest BCUT2D eigenvalue weighted by Gasteiger charge is -2.25. The molecule has 1 atom stereocenters. The summed E-state index contributed by atoms with van der Waals surface area (Å²) in [6.07, 6.45) is 0. The van der Waals surface area contributed by atoms with E-state index in [9.17, 15) is 14.7 Å². The van der Waals surface area contributed by atoms with Crippen molar-refractivity contribution < 1.29 is 24.2 Å². The van der Waals surface area contributed by atoms with Crippen molar-refractivity contribution in [2.45, 2.75) is 26.8 Å². The zero-order valence-electron chi connectivity index (χ0n) is 19.6. The smallest absolute Gasteiger partial charge is 0.300 e. The van der Waals surface area contributed by atoms with Crippen molar-refractivity contribution >= 4 is 34.5 Å². The van der Waals surface area contributed by atoms with Crippen LogP contribution in [0.5, 0.6) is 11.5 Å². The summed E-state index contributed by atoms with van der Waals surface area (Å²) in [5.74, 6) is -0.0995. The third kappa shape index (κ3) is 4.31. The zero-order chi connectivity index (χ0) is 24.4. The molecule has 1 amide bonds. The van der Waals surface area contributed by atoms with Gasteiger partial charge in [-0.15, -0.1) is 11.3 Å². The van der Waals surface area contributed by atoms with Crippen LogP contribution in [0.15, 0.2) is 65.6 Å². The Bertz CT molecular complexity index is 1250. The highest BCUT2D eigenvalue weighted by Crippen LogP contribution is 2.46. The van der Waals surface area contributed by atoms with Gasteiger partial charge in [-0.25, -0.2) is 0 Å². The van der Waals surface area contributed by atoms with E-state index in [4.69, 9.17) is 9.47 Å². The average molecular weight is 478 g/mol. The first-order valence-corrected chi connectivity index (χ1v) is 11.9. The number of anilines is 1. The van der Waals surface area contributed by atoms with Crippen molar-refractivity contribution in [1.29, 1.82) is 0 Å². The van der Waals surface area contributed by atoms with Crippen LogP contribution in [0, 0.1) is 12.8 Å². The van der Waals surface area contributed by atoms with E-state index in [2.05, 4.69) is 13.8 Å². The normalized spacial score (nSPS) is 17.4. The lowest BCUT2D eigenvalue weighted by molar-refractivity contribution is -0.132. The third-order valence-electron chi connectivity index (χ3n) is 5.62. The highest BCUT2D eigenvalue weighted by molar-refractivity contribution is 7.10. The number of amides is 1. The van der Waals surface area contributed by atoms with Crippen molar-refractivity contribution in [2.75, 3.05) is 18.6 Å². The number of Topliss-reactive ketones (excluding diaryl/α,β-unsaturated/α-hetero) is 1. The summed E-state index contributed by atoms with van der Waals surface area (Å²) < 4.78 is 11.3. The molecule has 1 N–H and O–H groups in total. The van der Waals surface area contributed by atoms with Gasteiger partial charge >= 0.3 is 0 Å². The van der Waals surface area contributed by atoms with E-state index in [-0.39, 0.29) is 11.3 Å². The maximum Gasteiger partial charge on any atom is 0.300 e. The van der Waals surface area contributed by atoms with E-state index >= 15 is 0 Å². The summed E-state index contributed by atoms with van der Waals surface area (Å²) in [5, 5.41) is 13.2. The molecule has 0 radical (unpaired) electrons. The highest BCUT2D eigenvalue weighted by Gasteiger charge is 2.48. The molecule has 0 spiro atoms. The standard InChI is InChI=1S/C27H27NO5S/c1-16(2)15-33-20-12-11-18(14-17(20)3)25(29)23-24(22-10-7-13-34-22)28(27(31)26(23)30)19-8-5-6-9-21(19)32-4/h5-14,16,24,29H,15H2,1-4H3/b25-23-. The van der Waals surface area contributed by atoms with E-state index < -0.39 is 17.7 Å². The quantitative estimate of drug-likeness (QED) is 0.267. The number of aliphatic hydroxyl groups excluding tert-OH is 1. The third-order valence-corrected chi connectivity index (χ3v) is 6.55. The number of rotatable bonds is 7. The Morgan fingerprint density at radius 2 is 1.85 bits per heavy atom. The topological polar surface area (TPSA) is 76.1 Å². The van der Waals surface area contributed by atoms with Gasteiger partial charge in [-0.1, -0.05) is 32.0 Å². The van der Waals surface area contributed by atoms with Crippen LogP contribution in [0.2, 0.25) is 0 Å². The monoisotopic (exact) mass is 477 g/mol. The summed E-state index contributed by atoms with van der Waals surface area (Å²) >= 11 is 1.42. The van der Waals surface area contributed by atoms with E-state index in [0.717, 1.165) is 16.2 Å². The molecule has 1 fully saturated rings. The maximum atomic E-state index is 13.3. The molecule has 34 heavy (non-hydrogen) atoms. The van der Waals surface area contributed by atoms with Gasteiger partial charge in [0.25, 0.3) is 11.7 Å². The van der Waals surface area contributed by atoms with Crippen molar-refractivity contribution in [3.63, 3.8) is 0 Å². The Morgan fingerprint density at radius 1 is 1.09 bits per heavy atom. The number of nitrogens with zero attached hydrogens (tertiary/aromatic N) is 1. The molecular weight excluding hydrogens is 450 g/mol. The molecule has 6 nitrogen and oxygen atoms in total. The minimum Gasteiger partial charge on any atom is -0.507 e. The number of hydrogen-bond acceptors (Lipinski definition) is 6. The summed E-state index contributed by atoms with van der Waals surface area (Å²) in [4.78, 5) is 28.7. The molecule has 1 aliphatic heterocycles. The zero-order valence-corrected chi connectivity index (χ0v) is 20.4. The van der Waals surface area contributed by atoms with Crippen LogP contribution < -0.4 is 14.4 Å². The number of para-hydroxylation sites is 2. The molecule has 7 heteroatoms. The van der Waals surface area contributed by atoms with Crippen LogP contribution in [0.1, 0.15) is 35.9 Å². The predicted octanol–water partition coefficient (Wildman–Crippen LogP) is 5.73. The number of carbonyl (C=O) groups is 2. The maximum absolute atomic E-state index is 13.3. The second kappa shape index (κ2) is 9.73. The molecule has 1 saturated heterocycles. The number of hydrogen-bond donors (Lipinski definition) is 1. The van der Waals surface area contributed by atoms with Crippen LogP contribution in [-0.2, 0) is 9.59 Å². The van der Waals surface area contributed by atoms with Gasteiger partial charge in [0, 0.05) is 10.4 Å². The van der Waals surface area contributed by atoms with Crippen LogP contribution in [-0.4, -0.2) is 30.5 Å². The number of thiophene rings is 1. The van der Waals surface area contributed by atoms with Gasteiger partial charge in [-0.3, -0.25) is 14.5 Å². The molecule has 2 heterocycles. The Kier molecular flexibility index (Phi) is 6.75. The molecule has 0 aliphatic carbocycles. The lowest BCUT2D eigenvalue weighted by Crippen LogP contribution is -2.29. The van der Waals surface area contributed by atoms with Crippen LogP contribution in [0.25, 0.3) is 5.76 Å². The predicted molar refractivity (Wildman–Crippen MR) is 134 cm³/mol. The van der Waals surface area contributed by atoms with Gasteiger partial charge in [0.05, 0.1) is 25.0 Å². The van der Waals surface area contributed by atoms with Gasteiger partial charge in [-0.05, 0) is 60.2 Å². The second-order valence-electron chi connectivity index (χ2n) is 8.54. The molecule has 0 saturated carbocycles. The van der Waals surface area contributed by atoms with E-state index in [1.54, 1.807) is 42.5 Å². The molecule has 1 aliphatic rings. The van der Waals surface area contributed by atoms with Gasteiger partial charge in [0.2, 0.25) is 0 Å². The summed E-state index contributed by atoms with van der Waals surface area (Å²) in [5.41, 5.74) is 1.80. The van der Waals surface area contributed by atoms with Crippen LogP contribution >= 0.6 is 11.3 Å². The minimum atomic E-state index is -0.770. The number of ketones is 1. The first-order chi connectivity index (χ1) is 16.3. The number of aliphatic hydroxyl groups is 1. The largest absolute Gasteiger partial charge is 0.507 e. The van der Waals surface area contributed by atoms with E-state index in [1.165, 1.54) is 23.3 Å². The highest BCUT2D eigenvalue weighted by atomic mass is 32.1. The van der Waals surface area contributed by atoms with Crippen molar-refractivity contribution in [3.05, 3.63) is 81.6 Å². The molecule has 3 aromatic rings. The molecule has 2 aromatic carbocycles. The number of ether oxygens (including phenoxy) is 2. The fourth-order valence-corrected chi connectivity index (χ4v) is 4.82. The molecule has 1 aromatic heterocycles. The number of aryl methyl sites for hydroxylation is 1. The Labute approximate surface area is 203 Å². The summed E-state index contributed by atoms with van der Waals surface area (Å²) in [6, 6.07) is 15.2. The van der Waals surface area contributed by atoms with Crippen LogP contribution in [0.3, 0.4) is 0 Å². The Hall–Kier alpha value is -3.58. The number of benzene rings is 2. The van der Waals surface area contributed by atoms with Crippen molar-refractivity contribution in [3.8, 4) is 11.5 Å². The Morgan fingerprint density at radius 3 is 2.50 bits per heavy atom. The molecular formula is C27H27NO5S. The number of carbonyl (C=O) groups excluding carboxylic acids is 2. The lowest BCUT2D eigenvalue weighted by atomic mass is 9.98. The first-order valence-electron chi connectivity index (χ1n) is 11.0. The molecule has 0 bridgehead atoms. The van der Waals surface area contributed by atoms with E-state index in [1.807, 2.05) is 24.4 Å². The van der Waals surface area contributed by atoms with Crippen molar-refractivity contribution in [1.82, 2.24) is 0 Å². The minimum absolute atomic E-state index is 0.0496. The fourth-order valence-electron chi connectivity index (χ4n) is 4.00. The molecule has 4 rings (SSSR count). The molecule has 1 unspecified atom stereocenters. The van der Waals surface area contributed by atoms with Crippen molar-refractivity contribution in [2.24, 2.45) is 5.92 Å². The van der Waals surface area contributed by atoms with Crippen LogP contribution in [0.4, 0.5) is 5.69 Å².